The van der Waals surface area contributed by atoms with Gasteiger partial charge in [-0.1, -0.05) is 38.0 Å². The van der Waals surface area contributed by atoms with E-state index in [1.807, 2.05) is 30.3 Å². The van der Waals surface area contributed by atoms with Crippen molar-refractivity contribution in [3.63, 3.8) is 0 Å². The zero-order chi connectivity index (χ0) is 13.2. The van der Waals surface area contributed by atoms with E-state index in [-0.39, 0.29) is 5.92 Å². The minimum atomic E-state index is 0.203. The first-order chi connectivity index (χ1) is 9.25. The molecule has 0 saturated heterocycles. The quantitative estimate of drug-likeness (QED) is 0.749. The molecule has 2 nitrogen and oxygen atoms in total. The zero-order valence-electron chi connectivity index (χ0n) is 11.3. The molecular formula is C17H19NO. The Kier molecular flexibility index (Phi) is 3.33. The molecule has 1 aromatic heterocycles. The number of fused-ring (bicyclic) bond motifs is 1. The highest BCUT2D eigenvalue weighted by molar-refractivity contribution is 6.08. The van der Waals surface area contributed by atoms with Crippen molar-refractivity contribution in [3.8, 4) is 0 Å². The Morgan fingerprint density at radius 1 is 1.21 bits per heavy atom. The Balaban J connectivity index is 1.97. The van der Waals surface area contributed by atoms with E-state index in [9.17, 15) is 4.79 Å². The van der Waals surface area contributed by atoms with Crippen LogP contribution < -0.4 is 0 Å². The summed E-state index contributed by atoms with van der Waals surface area (Å²) < 4.78 is 0. The number of benzene rings is 1. The van der Waals surface area contributed by atoms with E-state index in [0.717, 1.165) is 29.3 Å². The smallest absolute Gasteiger partial charge is 0.166 e. The lowest BCUT2D eigenvalue weighted by Crippen LogP contribution is -2.22. The number of carbonyl (C=O) groups excluding carboxylic acids is 1. The van der Waals surface area contributed by atoms with Crippen molar-refractivity contribution < 1.29 is 4.79 Å². The van der Waals surface area contributed by atoms with Gasteiger partial charge in [0.2, 0.25) is 0 Å². The summed E-state index contributed by atoms with van der Waals surface area (Å²) in [6, 6.07) is 9.79. The molecule has 2 aromatic rings. The highest BCUT2D eigenvalue weighted by Crippen LogP contribution is 2.32. The summed E-state index contributed by atoms with van der Waals surface area (Å²) in [6.07, 6.45) is 6.28. The lowest BCUT2D eigenvalue weighted by Gasteiger charge is -2.25. The molecule has 19 heavy (non-hydrogen) atoms. The molecule has 1 heterocycles. The van der Waals surface area contributed by atoms with Crippen LogP contribution >= 0.6 is 0 Å². The zero-order valence-corrected chi connectivity index (χ0v) is 11.3. The van der Waals surface area contributed by atoms with Crippen LogP contribution in [0.2, 0.25) is 0 Å². The van der Waals surface area contributed by atoms with Gasteiger partial charge < -0.3 is 0 Å². The number of Topliss-reactive ketones (excluding diaryl/α,β-unsaturated/α-hetero) is 1. The molecule has 2 atom stereocenters. The summed E-state index contributed by atoms with van der Waals surface area (Å²) in [6.45, 7) is 2.25. The second-order valence-electron chi connectivity index (χ2n) is 5.71. The topological polar surface area (TPSA) is 30.0 Å². The van der Waals surface area contributed by atoms with Crippen LogP contribution in [0.25, 0.3) is 10.9 Å². The van der Waals surface area contributed by atoms with Crippen LogP contribution in [0.3, 0.4) is 0 Å². The van der Waals surface area contributed by atoms with E-state index in [2.05, 4.69) is 11.9 Å². The van der Waals surface area contributed by atoms with E-state index >= 15 is 0 Å². The Morgan fingerprint density at radius 2 is 2.05 bits per heavy atom. The van der Waals surface area contributed by atoms with E-state index in [1.165, 1.54) is 12.8 Å². The molecule has 0 bridgehead atoms. The summed E-state index contributed by atoms with van der Waals surface area (Å²) in [5.74, 6) is 1.19. The van der Waals surface area contributed by atoms with Gasteiger partial charge in [-0.05, 0) is 30.9 Å². The van der Waals surface area contributed by atoms with Crippen molar-refractivity contribution in [3.05, 3.63) is 42.1 Å². The fourth-order valence-corrected chi connectivity index (χ4v) is 3.20. The monoisotopic (exact) mass is 253 g/mol. The van der Waals surface area contributed by atoms with Gasteiger partial charge in [-0.2, -0.15) is 0 Å². The average Bonchev–Trinajstić information content (AvgIpc) is 2.46. The summed E-state index contributed by atoms with van der Waals surface area (Å²) in [7, 11) is 0. The Bertz CT molecular complexity index is 600. The molecule has 2 heteroatoms. The van der Waals surface area contributed by atoms with Gasteiger partial charge in [-0.15, -0.1) is 0 Å². The number of ketones is 1. The van der Waals surface area contributed by atoms with Crippen molar-refractivity contribution in [2.24, 2.45) is 11.8 Å². The predicted octanol–water partition coefficient (Wildman–Crippen LogP) is 4.24. The van der Waals surface area contributed by atoms with Gasteiger partial charge in [0.15, 0.2) is 5.78 Å². The maximum Gasteiger partial charge on any atom is 0.166 e. The van der Waals surface area contributed by atoms with Gasteiger partial charge in [0.05, 0.1) is 5.52 Å². The highest BCUT2D eigenvalue weighted by Gasteiger charge is 2.26. The van der Waals surface area contributed by atoms with Gasteiger partial charge in [0.1, 0.15) is 0 Å². The molecule has 0 radical (unpaired) electrons. The lowest BCUT2D eigenvalue weighted by atomic mass is 9.78. The normalized spacial score (nSPS) is 23.4. The van der Waals surface area contributed by atoms with Gasteiger partial charge >= 0.3 is 0 Å². The Hall–Kier alpha value is -1.70. The van der Waals surface area contributed by atoms with Crippen LogP contribution in [0, 0.1) is 11.8 Å². The molecule has 1 saturated carbocycles. The molecule has 1 aliphatic rings. The van der Waals surface area contributed by atoms with Crippen molar-refractivity contribution in [2.45, 2.75) is 32.6 Å². The standard InChI is InChI=1S/C17H19NO/c1-12-5-4-6-13(11-12)17(19)15-9-10-18-16-8-3-2-7-14(15)16/h2-3,7-10,12-13H,4-6,11H2,1H3. The molecule has 3 rings (SSSR count). The average molecular weight is 253 g/mol. The molecule has 98 valence electrons. The molecule has 1 aromatic carbocycles. The third-order valence-electron chi connectivity index (χ3n) is 4.22. The summed E-state index contributed by atoms with van der Waals surface area (Å²) in [5.41, 5.74) is 1.77. The van der Waals surface area contributed by atoms with Crippen LogP contribution in [0.5, 0.6) is 0 Å². The number of pyridine rings is 1. The molecule has 0 N–H and O–H groups in total. The number of hydrogen-bond donors (Lipinski definition) is 0. The maximum atomic E-state index is 12.7. The Labute approximate surface area is 113 Å². The molecule has 0 aliphatic heterocycles. The van der Waals surface area contributed by atoms with Crippen molar-refractivity contribution >= 4 is 16.7 Å². The minimum Gasteiger partial charge on any atom is -0.294 e. The summed E-state index contributed by atoms with van der Waals surface area (Å²) >= 11 is 0. The van der Waals surface area contributed by atoms with Gasteiger partial charge in [0, 0.05) is 23.1 Å². The SMILES string of the molecule is CC1CCCC(C(=O)c2ccnc3ccccc23)C1. The van der Waals surface area contributed by atoms with Crippen LogP contribution in [-0.2, 0) is 0 Å². The van der Waals surface area contributed by atoms with Crippen molar-refractivity contribution in [1.82, 2.24) is 4.98 Å². The fourth-order valence-electron chi connectivity index (χ4n) is 3.20. The highest BCUT2D eigenvalue weighted by atomic mass is 16.1. The van der Waals surface area contributed by atoms with Gasteiger partial charge in [0.25, 0.3) is 0 Å². The van der Waals surface area contributed by atoms with Crippen LogP contribution in [-0.4, -0.2) is 10.8 Å². The first kappa shape index (κ1) is 12.3. The van der Waals surface area contributed by atoms with Gasteiger partial charge in [-0.25, -0.2) is 0 Å². The van der Waals surface area contributed by atoms with E-state index < -0.39 is 0 Å². The largest absolute Gasteiger partial charge is 0.294 e. The molecule has 0 spiro atoms. The number of para-hydroxylation sites is 1. The number of carbonyl (C=O) groups is 1. The van der Waals surface area contributed by atoms with E-state index in [4.69, 9.17) is 0 Å². The maximum absolute atomic E-state index is 12.7. The number of rotatable bonds is 2. The Morgan fingerprint density at radius 3 is 2.89 bits per heavy atom. The fraction of sp³-hybridized carbons (Fsp3) is 0.412. The van der Waals surface area contributed by atoms with Gasteiger partial charge in [-0.3, -0.25) is 9.78 Å². The number of hydrogen-bond acceptors (Lipinski definition) is 2. The lowest BCUT2D eigenvalue weighted by molar-refractivity contribution is 0.0870. The van der Waals surface area contributed by atoms with Crippen LogP contribution in [0.4, 0.5) is 0 Å². The number of nitrogens with zero attached hydrogens (tertiary/aromatic N) is 1. The first-order valence-corrected chi connectivity index (χ1v) is 7.13. The number of aromatic nitrogens is 1. The third-order valence-corrected chi connectivity index (χ3v) is 4.22. The minimum absolute atomic E-state index is 0.203. The molecule has 0 amide bonds. The molecule has 2 unspecified atom stereocenters. The van der Waals surface area contributed by atoms with Crippen molar-refractivity contribution in [1.29, 1.82) is 0 Å². The second kappa shape index (κ2) is 5.12. The summed E-state index contributed by atoms with van der Waals surface area (Å²) in [4.78, 5) is 17.1. The molecule has 1 aliphatic carbocycles. The third kappa shape index (κ3) is 2.40. The molecule has 1 fully saturated rings. The first-order valence-electron chi connectivity index (χ1n) is 7.13. The predicted molar refractivity (Wildman–Crippen MR) is 77.2 cm³/mol. The van der Waals surface area contributed by atoms with Crippen molar-refractivity contribution in [2.75, 3.05) is 0 Å². The van der Waals surface area contributed by atoms with Crippen LogP contribution in [0.1, 0.15) is 43.0 Å². The molecular weight excluding hydrogens is 234 g/mol. The van der Waals surface area contributed by atoms with Crippen LogP contribution in [0.15, 0.2) is 36.5 Å². The van der Waals surface area contributed by atoms with E-state index in [1.54, 1.807) is 6.20 Å². The van der Waals surface area contributed by atoms with E-state index in [0.29, 0.717) is 11.7 Å². The summed E-state index contributed by atoms with van der Waals surface area (Å²) in [5, 5.41) is 0.994. The second-order valence-corrected chi connectivity index (χ2v) is 5.71.